The fraction of sp³-hybridized carbons (Fsp3) is 0.435. The Morgan fingerprint density at radius 1 is 1.23 bits per heavy atom. The van der Waals surface area contributed by atoms with E-state index < -0.39 is 5.60 Å². The summed E-state index contributed by atoms with van der Waals surface area (Å²) in [6.07, 6.45) is 2.74. The molecule has 3 aromatic rings. The Labute approximate surface area is 184 Å². The summed E-state index contributed by atoms with van der Waals surface area (Å²) in [6.45, 7) is 7.83. The molecule has 1 aliphatic rings. The van der Waals surface area contributed by atoms with Gasteiger partial charge in [0.1, 0.15) is 10.6 Å². The van der Waals surface area contributed by atoms with Crippen LogP contribution in [0.15, 0.2) is 35.4 Å². The fourth-order valence-corrected chi connectivity index (χ4v) is 5.06. The molecule has 1 N–H and O–H groups in total. The number of hydrogen-bond acceptors (Lipinski definition) is 7. The van der Waals surface area contributed by atoms with E-state index in [4.69, 9.17) is 4.74 Å². The normalized spacial score (nSPS) is 16.5. The number of ether oxygens (including phenoxy) is 1. The first kappa shape index (κ1) is 21.7. The molecule has 0 unspecified atom stereocenters. The first-order valence-corrected chi connectivity index (χ1v) is 11.2. The highest BCUT2D eigenvalue weighted by Gasteiger charge is 2.33. The second-order valence-corrected chi connectivity index (χ2v) is 9.58. The lowest BCUT2D eigenvalue weighted by molar-refractivity contribution is -0.131. The maximum Gasteiger partial charge on any atom is 0.308 e. The number of benzene rings is 1. The molecule has 31 heavy (non-hydrogen) atoms. The minimum atomic E-state index is -0.923. The van der Waals surface area contributed by atoms with Gasteiger partial charge in [-0.3, -0.25) is 19.1 Å². The molecule has 1 saturated heterocycles. The lowest BCUT2D eigenvalue weighted by Crippen LogP contribution is -2.47. The number of esters is 1. The van der Waals surface area contributed by atoms with E-state index in [1.165, 1.54) is 18.3 Å². The SMILES string of the molecule is CC(=O)Oc1ccc(CN2CCC(O)(Cn3cnc4sc(C)c(C)c4c3=O)CC2)cc1. The molecule has 3 heterocycles. The zero-order valence-electron chi connectivity index (χ0n) is 18.1. The van der Waals surface area contributed by atoms with Crippen molar-refractivity contribution in [3.05, 3.63) is 57.0 Å². The molecule has 4 rings (SSSR count). The van der Waals surface area contributed by atoms with Crippen LogP contribution < -0.4 is 10.3 Å². The highest BCUT2D eigenvalue weighted by molar-refractivity contribution is 7.18. The molecule has 2 aromatic heterocycles. The van der Waals surface area contributed by atoms with Crippen molar-refractivity contribution in [2.75, 3.05) is 13.1 Å². The number of aromatic nitrogens is 2. The van der Waals surface area contributed by atoms with E-state index in [1.807, 2.05) is 26.0 Å². The molecule has 1 aromatic carbocycles. The van der Waals surface area contributed by atoms with Crippen molar-refractivity contribution in [1.82, 2.24) is 14.5 Å². The maximum atomic E-state index is 13.0. The van der Waals surface area contributed by atoms with Crippen LogP contribution >= 0.6 is 11.3 Å². The Balaban J connectivity index is 1.39. The molecular weight excluding hydrogens is 414 g/mol. The van der Waals surface area contributed by atoms with E-state index in [1.54, 1.807) is 23.0 Å². The molecule has 164 valence electrons. The van der Waals surface area contributed by atoms with E-state index in [0.717, 1.165) is 40.5 Å². The summed E-state index contributed by atoms with van der Waals surface area (Å²) in [7, 11) is 0. The number of likely N-dealkylation sites (tertiary alicyclic amines) is 1. The lowest BCUT2D eigenvalue weighted by Gasteiger charge is -2.38. The van der Waals surface area contributed by atoms with Crippen LogP contribution in [0.1, 0.15) is 35.8 Å². The smallest absolute Gasteiger partial charge is 0.308 e. The molecule has 1 fully saturated rings. The number of thiophene rings is 1. The van der Waals surface area contributed by atoms with Gasteiger partial charge >= 0.3 is 5.97 Å². The predicted octanol–water partition coefficient (Wildman–Crippen LogP) is 3.03. The molecule has 0 amide bonds. The van der Waals surface area contributed by atoms with E-state index in [0.29, 0.717) is 24.0 Å². The van der Waals surface area contributed by atoms with Gasteiger partial charge in [-0.25, -0.2) is 4.98 Å². The third kappa shape index (κ3) is 4.71. The number of fused-ring (bicyclic) bond motifs is 1. The van der Waals surface area contributed by atoms with Crippen LogP contribution in [0.2, 0.25) is 0 Å². The van der Waals surface area contributed by atoms with E-state index in [9.17, 15) is 14.7 Å². The van der Waals surface area contributed by atoms with Crippen molar-refractivity contribution in [2.24, 2.45) is 0 Å². The molecule has 0 spiro atoms. The van der Waals surface area contributed by atoms with Gasteiger partial charge in [-0.1, -0.05) is 12.1 Å². The third-order valence-corrected chi connectivity index (χ3v) is 7.11. The lowest BCUT2D eigenvalue weighted by atomic mass is 9.91. The fourth-order valence-electron chi connectivity index (χ4n) is 4.07. The molecule has 0 bridgehead atoms. The van der Waals surface area contributed by atoms with E-state index in [2.05, 4.69) is 9.88 Å². The monoisotopic (exact) mass is 441 g/mol. The van der Waals surface area contributed by atoms with Crippen molar-refractivity contribution in [3.63, 3.8) is 0 Å². The summed E-state index contributed by atoms with van der Waals surface area (Å²) in [5.74, 6) is 0.206. The summed E-state index contributed by atoms with van der Waals surface area (Å²) in [6, 6.07) is 7.48. The van der Waals surface area contributed by atoms with Crippen LogP contribution in [0.25, 0.3) is 10.2 Å². The number of carbonyl (C=O) groups excluding carboxylic acids is 1. The Bertz CT molecular complexity index is 1160. The van der Waals surface area contributed by atoms with Gasteiger partial charge in [0, 0.05) is 31.4 Å². The minimum Gasteiger partial charge on any atom is -0.427 e. The first-order chi connectivity index (χ1) is 14.7. The first-order valence-electron chi connectivity index (χ1n) is 10.4. The van der Waals surface area contributed by atoms with Crippen molar-refractivity contribution in [2.45, 2.75) is 52.3 Å². The van der Waals surface area contributed by atoms with Crippen molar-refractivity contribution >= 4 is 27.5 Å². The number of hydrogen-bond donors (Lipinski definition) is 1. The van der Waals surface area contributed by atoms with Crippen molar-refractivity contribution < 1.29 is 14.6 Å². The van der Waals surface area contributed by atoms with Crippen LogP contribution in [0, 0.1) is 13.8 Å². The van der Waals surface area contributed by atoms with Gasteiger partial charge in [-0.15, -0.1) is 11.3 Å². The second-order valence-electron chi connectivity index (χ2n) is 8.38. The Morgan fingerprint density at radius 2 is 1.90 bits per heavy atom. The van der Waals surface area contributed by atoms with Gasteiger partial charge in [0.2, 0.25) is 0 Å². The molecule has 1 aliphatic heterocycles. The predicted molar refractivity (Wildman–Crippen MR) is 121 cm³/mol. The summed E-state index contributed by atoms with van der Waals surface area (Å²) in [4.78, 5) is 32.6. The molecule has 8 heteroatoms. The van der Waals surface area contributed by atoms with E-state index >= 15 is 0 Å². The average molecular weight is 442 g/mol. The minimum absolute atomic E-state index is 0.0735. The largest absolute Gasteiger partial charge is 0.427 e. The molecule has 0 aliphatic carbocycles. The van der Waals surface area contributed by atoms with Crippen LogP contribution in [0.3, 0.4) is 0 Å². The highest BCUT2D eigenvalue weighted by Crippen LogP contribution is 2.28. The molecule has 0 radical (unpaired) electrons. The van der Waals surface area contributed by atoms with Crippen LogP contribution in [-0.2, 0) is 17.9 Å². The molecule has 7 nitrogen and oxygen atoms in total. The molecule has 0 atom stereocenters. The highest BCUT2D eigenvalue weighted by atomic mass is 32.1. The number of aliphatic hydroxyl groups is 1. The third-order valence-electron chi connectivity index (χ3n) is 6.00. The number of aryl methyl sites for hydroxylation is 2. The number of piperidine rings is 1. The summed E-state index contributed by atoms with van der Waals surface area (Å²) >= 11 is 1.53. The number of carbonyl (C=O) groups is 1. The zero-order valence-corrected chi connectivity index (χ0v) is 18.9. The van der Waals surface area contributed by atoms with Gasteiger partial charge in [0.05, 0.1) is 23.9 Å². The van der Waals surface area contributed by atoms with Gasteiger partial charge in [-0.05, 0) is 49.9 Å². The van der Waals surface area contributed by atoms with Crippen LogP contribution in [0.4, 0.5) is 0 Å². The van der Waals surface area contributed by atoms with Crippen LogP contribution in [0.5, 0.6) is 5.75 Å². The summed E-state index contributed by atoms with van der Waals surface area (Å²) < 4.78 is 6.63. The molecular formula is C23H27N3O4S. The Morgan fingerprint density at radius 3 is 2.55 bits per heavy atom. The zero-order chi connectivity index (χ0) is 22.2. The standard InChI is InChI=1S/C23H27N3O4S/c1-15-16(2)31-21-20(15)22(28)26(14-24-21)13-23(29)8-10-25(11-9-23)12-18-4-6-19(7-5-18)30-17(3)27/h4-7,14,29H,8-13H2,1-3H3. The average Bonchev–Trinajstić information content (AvgIpc) is 3.02. The Kier molecular flexibility index (Phi) is 5.96. The van der Waals surface area contributed by atoms with Gasteiger partial charge < -0.3 is 9.84 Å². The van der Waals surface area contributed by atoms with Gasteiger partial charge in [0.15, 0.2) is 0 Å². The van der Waals surface area contributed by atoms with Crippen molar-refractivity contribution in [1.29, 1.82) is 0 Å². The van der Waals surface area contributed by atoms with Gasteiger partial charge in [-0.2, -0.15) is 0 Å². The second kappa shape index (κ2) is 8.53. The number of rotatable bonds is 5. The summed E-state index contributed by atoms with van der Waals surface area (Å²) in [5, 5.41) is 11.8. The maximum absolute atomic E-state index is 13.0. The van der Waals surface area contributed by atoms with Crippen LogP contribution in [-0.4, -0.2) is 44.2 Å². The quantitative estimate of drug-likeness (QED) is 0.484. The number of nitrogens with zero attached hydrogens (tertiary/aromatic N) is 3. The van der Waals surface area contributed by atoms with Gasteiger partial charge in [0.25, 0.3) is 5.56 Å². The molecule has 0 saturated carbocycles. The summed E-state index contributed by atoms with van der Waals surface area (Å²) in [5.41, 5.74) is 1.10. The van der Waals surface area contributed by atoms with E-state index in [-0.39, 0.29) is 18.1 Å². The van der Waals surface area contributed by atoms with Crippen molar-refractivity contribution in [3.8, 4) is 5.75 Å². The Hall–Kier alpha value is -2.55. The topological polar surface area (TPSA) is 84.7 Å².